The minimum atomic E-state index is -0.966. The molecule has 0 atom stereocenters. The summed E-state index contributed by atoms with van der Waals surface area (Å²) < 4.78 is 0. The molecule has 2 N–H and O–H groups in total. The van der Waals surface area contributed by atoms with Crippen LogP contribution in [0, 0.1) is 0 Å². The summed E-state index contributed by atoms with van der Waals surface area (Å²) in [6.07, 6.45) is 0.162. The Bertz CT molecular complexity index is 456. The van der Waals surface area contributed by atoms with E-state index in [2.05, 4.69) is 0 Å². The second-order valence-corrected chi connectivity index (χ2v) is 3.75. The third-order valence-corrected chi connectivity index (χ3v) is 2.76. The zero-order valence-electron chi connectivity index (χ0n) is 8.51. The molecule has 0 bridgehead atoms. The van der Waals surface area contributed by atoms with E-state index in [4.69, 9.17) is 5.11 Å². The Morgan fingerprint density at radius 1 is 1.38 bits per heavy atom. The van der Waals surface area contributed by atoms with Gasteiger partial charge in [-0.05, 0) is 29.7 Å². The molecule has 0 saturated carbocycles. The molecule has 0 aliphatic carbocycles. The molecular formula is C11H11NO4. The minimum absolute atomic E-state index is 0.0440. The van der Waals surface area contributed by atoms with Gasteiger partial charge in [0.2, 0.25) is 0 Å². The van der Waals surface area contributed by atoms with E-state index in [1.165, 1.54) is 11.0 Å². The fourth-order valence-corrected chi connectivity index (χ4v) is 1.87. The second-order valence-electron chi connectivity index (χ2n) is 3.75. The van der Waals surface area contributed by atoms with E-state index >= 15 is 0 Å². The van der Waals surface area contributed by atoms with Crippen LogP contribution in [0.4, 0.5) is 4.79 Å². The molecule has 5 heteroatoms. The summed E-state index contributed by atoms with van der Waals surface area (Å²) in [5, 5.41) is 18.3. The van der Waals surface area contributed by atoms with Crippen molar-refractivity contribution in [1.29, 1.82) is 0 Å². The van der Waals surface area contributed by atoms with Gasteiger partial charge < -0.3 is 15.1 Å². The van der Waals surface area contributed by atoms with Crippen LogP contribution in [0.2, 0.25) is 0 Å². The summed E-state index contributed by atoms with van der Waals surface area (Å²) in [6, 6.07) is 3.09. The molecule has 0 radical (unpaired) electrons. The first-order valence-corrected chi connectivity index (χ1v) is 4.89. The Balaban J connectivity index is 2.37. The van der Waals surface area contributed by atoms with Gasteiger partial charge in [0.15, 0.2) is 6.29 Å². The lowest BCUT2D eigenvalue weighted by Gasteiger charge is -2.26. The number of nitrogens with zero attached hydrogens (tertiary/aromatic N) is 1. The van der Waals surface area contributed by atoms with Crippen LogP contribution in [0.1, 0.15) is 21.5 Å². The lowest BCUT2D eigenvalue weighted by Crippen LogP contribution is -2.34. The van der Waals surface area contributed by atoms with Crippen LogP contribution in [-0.2, 0) is 13.0 Å². The molecule has 0 spiro atoms. The predicted molar refractivity (Wildman–Crippen MR) is 55.6 cm³/mol. The number of hydrogen-bond donors (Lipinski definition) is 2. The topological polar surface area (TPSA) is 77.8 Å². The Morgan fingerprint density at radius 3 is 2.75 bits per heavy atom. The minimum Gasteiger partial charge on any atom is -0.507 e. The first-order chi connectivity index (χ1) is 7.61. The molecule has 1 amide bonds. The molecule has 1 heterocycles. The molecule has 1 aliphatic heterocycles. The summed E-state index contributed by atoms with van der Waals surface area (Å²) in [5.74, 6) is -0.0440. The summed E-state index contributed by atoms with van der Waals surface area (Å²) in [5.41, 5.74) is 1.89. The second kappa shape index (κ2) is 3.84. The van der Waals surface area contributed by atoms with Crippen molar-refractivity contribution in [3.63, 3.8) is 0 Å². The van der Waals surface area contributed by atoms with Gasteiger partial charge in [-0.15, -0.1) is 0 Å². The smallest absolute Gasteiger partial charge is 0.407 e. The van der Waals surface area contributed by atoms with E-state index in [1.54, 1.807) is 6.07 Å². The Labute approximate surface area is 91.9 Å². The molecule has 5 nitrogen and oxygen atoms in total. The normalized spacial score (nSPS) is 14.4. The molecule has 1 aliphatic rings. The maximum Gasteiger partial charge on any atom is 0.407 e. The van der Waals surface area contributed by atoms with E-state index in [9.17, 15) is 14.7 Å². The van der Waals surface area contributed by atoms with Gasteiger partial charge in [0.05, 0.1) is 5.56 Å². The quantitative estimate of drug-likeness (QED) is 0.699. The van der Waals surface area contributed by atoms with Gasteiger partial charge in [0, 0.05) is 13.1 Å². The average Bonchev–Trinajstić information content (AvgIpc) is 2.27. The predicted octanol–water partition coefficient (Wildman–Crippen LogP) is 1.24. The summed E-state index contributed by atoms with van der Waals surface area (Å²) >= 11 is 0. The molecule has 2 rings (SSSR count). The maximum absolute atomic E-state index is 10.8. The van der Waals surface area contributed by atoms with Crippen molar-refractivity contribution in [1.82, 2.24) is 4.90 Å². The Morgan fingerprint density at radius 2 is 2.12 bits per heavy atom. The number of carboxylic acid groups (broad SMARTS) is 1. The van der Waals surface area contributed by atoms with Crippen LogP contribution in [0.3, 0.4) is 0 Å². The van der Waals surface area contributed by atoms with E-state index in [0.717, 1.165) is 11.1 Å². The van der Waals surface area contributed by atoms with Crippen LogP contribution in [0.25, 0.3) is 0 Å². The number of aldehydes is 1. The number of fused-ring (bicyclic) bond motifs is 1. The summed E-state index contributed by atoms with van der Waals surface area (Å²) in [7, 11) is 0. The van der Waals surface area contributed by atoms with E-state index in [-0.39, 0.29) is 17.9 Å². The van der Waals surface area contributed by atoms with Gasteiger partial charge in [-0.1, -0.05) is 0 Å². The number of hydrogen-bond acceptors (Lipinski definition) is 3. The summed E-state index contributed by atoms with van der Waals surface area (Å²) in [4.78, 5) is 22.7. The van der Waals surface area contributed by atoms with E-state index in [1.807, 2.05) is 0 Å². The lowest BCUT2D eigenvalue weighted by atomic mass is 9.97. The fraction of sp³-hybridized carbons (Fsp3) is 0.273. The maximum atomic E-state index is 10.8. The molecule has 0 fully saturated rings. The molecule has 0 unspecified atom stereocenters. The van der Waals surface area contributed by atoms with Crippen molar-refractivity contribution in [2.75, 3.05) is 6.54 Å². The van der Waals surface area contributed by atoms with Crippen molar-refractivity contribution < 1.29 is 19.8 Å². The first kappa shape index (κ1) is 10.5. The summed E-state index contributed by atoms with van der Waals surface area (Å²) in [6.45, 7) is 0.688. The van der Waals surface area contributed by atoms with Crippen molar-refractivity contribution in [2.24, 2.45) is 0 Å². The number of carbonyl (C=O) groups is 2. The highest BCUT2D eigenvalue weighted by atomic mass is 16.4. The van der Waals surface area contributed by atoms with Gasteiger partial charge >= 0.3 is 6.09 Å². The highest BCUT2D eigenvalue weighted by molar-refractivity contribution is 5.80. The molecule has 84 valence electrons. The Kier molecular flexibility index (Phi) is 2.52. The average molecular weight is 221 g/mol. The van der Waals surface area contributed by atoms with Crippen LogP contribution < -0.4 is 0 Å². The number of benzene rings is 1. The third kappa shape index (κ3) is 1.71. The zero-order valence-corrected chi connectivity index (χ0v) is 8.51. The first-order valence-electron chi connectivity index (χ1n) is 4.89. The van der Waals surface area contributed by atoms with Crippen LogP contribution in [-0.4, -0.2) is 34.0 Å². The number of phenols is 1. The van der Waals surface area contributed by atoms with Crippen LogP contribution in [0.5, 0.6) is 5.75 Å². The van der Waals surface area contributed by atoms with Crippen molar-refractivity contribution in [3.05, 3.63) is 28.8 Å². The number of aromatic hydroxyl groups is 1. The lowest BCUT2D eigenvalue weighted by molar-refractivity contribution is 0.112. The van der Waals surface area contributed by atoms with Crippen molar-refractivity contribution in [3.8, 4) is 5.75 Å². The number of rotatable bonds is 1. The van der Waals surface area contributed by atoms with Gasteiger partial charge in [-0.25, -0.2) is 4.79 Å². The van der Waals surface area contributed by atoms with Crippen molar-refractivity contribution >= 4 is 12.4 Å². The van der Waals surface area contributed by atoms with Crippen LogP contribution in [0.15, 0.2) is 12.1 Å². The highest BCUT2D eigenvalue weighted by Crippen LogP contribution is 2.26. The SMILES string of the molecule is O=Cc1cc2c(cc1O)CCN(C(=O)O)C2. The molecule has 16 heavy (non-hydrogen) atoms. The third-order valence-electron chi connectivity index (χ3n) is 2.76. The van der Waals surface area contributed by atoms with E-state index in [0.29, 0.717) is 19.3 Å². The molecular weight excluding hydrogens is 210 g/mol. The molecule has 0 saturated heterocycles. The molecule has 1 aromatic rings. The zero-order chi connectivity index (χ0) is 11.7. The highest BCUT2D eigenvalue weighted by Gasteiger charge is 2.21. The van der Waals surface area contributed by atoms with Gasteiger partial charge in [0.25, 0.3) is 0 Å². The molecule has 0 aromatic heterocycles. The van der Waals surface area contributed by atoms with Crippen LogP contribution >= 0.6 is 0 Å². The standard InChI is InChI=1S/C11H11NO4/c13-6-9-3-8-5-12(11(15)16)2-1-7(8)4-10(9)14/h3-4,6,14H,1-2,5H2,(H,15,16). The van der Waals surface area contributed by atoms with Crippen molar-refractivity contribution in [2.45, 2.75) is 13.0 Å². The fourth-order valence-electron chi connectivity index (χ4n) is 1.87. The largest absolute Gasteiger partial charge is 0.507 e. The number of amides is 1. The van der Waals surface area contributed by atoms with E-state index < -0.39 is 6.09 Å². The molecule has 1 aromatic carbocycles. The van der Waals surface area contributed by atoms with Gasteiger partial charge in [-0.2, -0.15) is 0 Å². The van der Waals surface area contributed by atoms with Gasteiger partial charge in [-0.3, -0.25) is 4.79 Å². The number of carbonyl (C=O) groups excluding carboxylic acids is 1. The Hall–Kier alpha value is -2.04. The monoisotopic (exact) mass is 221 g/mol. The number of phenolic OH excluding ortho intramolecular Hbond substituents is 1. The van der Waals surface area contributed by atoms with Gasteiger partial charge in [0.1, 0.15) is 5.75 Å².